The number of hydrogen-bond acceptors (Lipinski definition) is 5. The van der Waals surface area contributed by atoms with Gasteiger partial charge in [0.15, 0.2) is 5.76 Å². The number of piperidine rings is 1. The third kappa shape index (κ3) is 3.58. The Hall–Kier alpha value is -2.64. The average Bonchev–Trinajstić information content (AvgIpc) is 3.24. The molecule has 1 N–H and O–H groups in total. The molecular formula is C15H19N5O3. The Morgan fingerprint density at radius 2 is 2.30 bits per heavy atom. The van der Waals surface area contributed by atoms with Crippen LogP contribution in [-0.2, 0) is 11.3 Å². The summed E-state index contributed by atoms with van der Waals surface area (Å²) in [4.78, 5) is 29.2. The van der Waals surface area contributed by atoms with Crippen LogP contribution in [0.1, 0.15) is 42.1 Å². The Balaban J connectivity index is 1.64. The molecule has 1 aliphatic rings. The monoisotopic (exact) mass is 317 g/mol. The molecule has 23 heavy (non-hydrogen) atoms. The van der Waals surface area contributed by atoms with E-state index in [4.69, 9.17) is 4.42 Å². The smallest absolute Gasteiger partial charge is 0.289 e. The molecule has 0 aliphatic carbocycles. The van der Waals surface area contributed by atoms with E-state index in [1.807, 2.05) is 0 Å². The van der Waals surface area contributed by atoms with Gasteiger partial charge in [-0.3, -0.25) is 9.59 Å². The lowest BCUT2D eigenvalue weighted by Crippen LogP contribution is -2.40. The third-order valence-corrected chi connectivity index (χ3v) is 3.88. The molecule has 122 valence electrons. The van der Waals surface area contributed by atoms with Gasteiger partial charge in [-0.25, -0.2) is 9.67 Å². The average molecular weight is 317 g/mol. The molecular weight excluding hydrogens is 298 g/mol. The fraction of sp³-hybridized carbons (Fsp3) is 0.467. The number of nitrogens with one attached hydrogen (secondary N) is 1. The minimum atomic E-state index is -0.138. The highest BCUT2D eigenvalue weighted by atomic mass is 16.4. The van der Waals surface area contributed by atoms with Crippen molar-refractivity contribution in [2.45, 2.75) is 32.4 Å². The van der Waals surface area contributed by atoms with Gasteiger partial charge < -0.3 is 14.6 Å². The third-order valence-electron chi connectivity index (χ3n) is 3.88. The summed E-state index contributed by atoms with van der Waals surface area (Å²) >= 11 is 0. The lowest BCUT2D eigenvalue weighted by Gasteiger charge is -2.32. The van der Waals surface area contributed by atoms with Crippen molar-refractivity contribution in [2.24, 2.45) is 0 Å². The molecule has 1 aliphatic heterocycles. The molecule has 2 aromatic heterocycles. The van der Waals surface area contributed by atoms with Gasteiger partial charge in [-0.1, -0.05) is 0 Å². The summed E-state index contributed by atoms with van der Waals surface area (Å²) < 4.78 is 7.33. The van der Waals surface area contributed by atoms with Crippen LogP contribution >= 0.6 is 0 Å². The molecule has 0 bridgehead atoms. The number of amides is 2. The maximum absolute atomic E-state index is 12.6. The first kappa shape index (κ1) is 15.3. The van der Waals surface area contributed by atoms with E-state index in [9.17, 15) is 9.59 Å². The highest BCUT2D eigenvalue weighted by Crippen LogP contribution is 2.22. The van der Waals surface area contributed by atoms with Crippen molar-refractivity contribution in [3.63, 3.8) is 0 Å². The molecule has 0 spiro atoms. The van der Waals surface area contributed by atoms with Gasteiger partial charge in [-0.05, 0) is 25.0 Å². The van der Waals surface area contributed by atoms with Crippen LogP contribution in [0.5, 0.6) is 0 Å². The van der Waals surface area contributed by atoms with Gasteiger partial charge in [0.25, 0.3) is 5.91 Å². The summed E-state index contributed by atoms with van der Waals surface area (Å²) in [6, 6.07) is 3.50. The van der Waals surface area contributed by atoms with E-state index in [0.29, 0.717) is 24.6 Å². The molecule has 3 heterocycles. The van der Waals surface area contributed by atoms with Crippen LogP contribution in [0.4, 0.5) is 0 Å². The zero-order valence-electron chi connectivity index (χ0n) is 12.9. The van der Waals surface area contributed by atoms with Crippen LogP contribution in [-0.4, -0.2) is 44.6 Å². The normalized spacial score (nSPS) is 18.0. The minimum Gasteiger partial charge on any atom is -0.454 e. The van der Waals surface area contributed by atoms with Crippen LogP contribution in [0.3, 0.4) is 0 Å². The molecule has 8 nitrogen and oxygen atoms in total. The molecule has 0 aromatic carbocycles. The van der Waals surface area contributed by atoms with Crippen molar-refractivity contribution in [3.8, 4) is 0 Å². The van der Waals surface area contributed by atoms with Gasteiger partial charge >= 0.3 is 0 Å². The van der Waals surface area contributed by atoms with Gasteiger partial charge in [0, 0.05) is 20.0 Å². The molecule has 2 aromatic rings. The molecule has 1 unspecified atom stereocenters. The Morgan fingerprint density at radius 3 is 3.04 bits per heavy atom. The summed E-state index contributed by atoms with van der Waals surface area (Å²) in [6.07, 6.45) is 5.06. The maximum atomic E-state index is 12.6. The molecule has 8 heteroatoms. The minimum absolute atomic E-state index is 0.135. The second-order valence-corrected chi connectivity index (χ2v) is 5.60. The van der Waals surface area contributed by atoms with E-state index in [-0.39, 0.29) is 24.4 Å². The van der Waals surface area contributed by atoms with Gasteiger partial charge in [0.2, 0.25) is 5.91 Å². The zero-order chi connectivity index (χ0) is 16.2. The van der Waals surface area contributed by atoms with Gasteiger partial charge in [0.05, 0.1) is 12.6 Å². The van der Waals surface area contributed by atoms with E-state index in [1.165, 1.54) is 13.3 Å². The summed E-state index contributed by atoms with van der Waals surface area (Å²) in [5.74, 6) is 0.586. The van der Waals surface area contributed by atoms with Crippen molar-refractivity contribution < 1.29 is 14.0 Å². The SMILES string of the molecule is CC(=O)NCc1ccc(C(=O)N2CCCC(n3cncn3)C2)o1. The second kappa shape index (κ2) is 6.64. The number of rotatable bonds is 4. The van der Waals surface area contributed by atoms with Gasteiger partial charge in [0.1, 0.15) is 18.4 Å². The van der Waals surface area contributed by atoms with E-state index in [0.717, 1.165) is 12.8 Å². The quantitative estimate of drug-likeness (QED) is 0.907. The fourth-order valence-corrected chi connectivity index (χ4v) is 2.72. The first-order valence-electron chi connectivity index (χ1n) is 7.60. The zero-order valence-corrected chi connectivity index (χ0v) is 12.9. The van der Waals surface area contributed by atoms with Crippen LogP contribution in [0.15, 0.2) is 29.2 Å². The van der Waals surface area contributed by atoms with Crippen molar-refractivity contribution in [2.75, 3.05) is 13.1 Å². The number of furan rings is 1. The van der Waals surface area contributed by atoms with Gasteiger partial charge in [-0.2, -0.15) is 5.10 Å². The molecule has 1 fully saturated rings. The van der Waals surface area contributed by atoms with Crippen molar-refractivity contribution in [1.82, 2.24) is 25.0 Å². The van der Waals surface area contributed by atoms with Crippen molar-refractivity contribution in [1.29, 1.82) is 0 Å². The number of nitrogens with zero attached hydrogens (tertiary/aromatic N) is 4. The van der Waals surface area contributed by atoms with Crippen LogP contribution < -0.4 is 5.32 Å². The Labute approximate surface area is 133 Å². The first-order chi connectivity index (χ1) is 11.1. The Bertz CT molecular complexity index is 679. The number of likely N-dealkylation sites (tertiary alicyclic amines) is 1. The molecule has 3 rings (SSSR count). The number of carbonyl (C=O) groups excluding carboxylic acids is 2. The predicted octanol–water partition coefficient (Wildman–Crippen LogP) is 0.984. The van der Waals surface area contributed by atoms with Crippen LogP contribution in [0.2, 0.25) is 0 Å². The van der Waals surface area contributed by atoms with E-state index in [1.54, 1.807) is 28.0 Å². The number of hydrogen-bond donors (Lipinski definition) is 1. The summed E-state index contributed by atoms with van der Waals surface area (Å²) in [7, 11) is 0. The molecule has 1 atom stereocenters. The van der Waals surface area contributed by atoms with Gasteiger partial charge in [-0.15, -0.1) is 0 Å². The van der Waals surface area contributed by atoms with Crippen LogP contribution in [0, 0.1) is 0 Å². The van der Waals surface area contributed by atoms with Crippen LogP contribution in [0.25, 0.3) is 0 Å². The van der Waals surface area contributed by atoms with E-state index in [2.05, 4.69) is 15.4 Å². The molecule has 1 saturated heterocycles. The highest BCUT2D eigenvalue weighted by Gasteiger charge is 2.27. The van der Waals surface area contributed by atoms with E-state index >= 15 is 0 Å². The molecule has 2 amide bonds. The second-order valence-electron chi connectivity index (χ2n) is 5.60. The standard InChI is InChI=1S/C15H19N5O3/c1-11(21)17-7-13-4-5-14(23-13)15(22)19-6-2-3-12(8-19)20-10-16-9-18-20/h4-5,9-10,12H,2-3,6-8H2,1H3,(H,17,21). The topological polar surface area (TPSA) is 93.3 Å². The van der Waals surface area contributed by atoms with E-state index < -0.39 is 0 Å². The molecule has 0 radical (unpaired) electrons. The maximum Gasteiger partial charge on any atom is 0.289 e. The van der Waals surface area contributed by atoms with Crippen molar-refractivity contribution >= 4 is 11.8 Å². The highest BCUT2D eigenvalue weighted by molar-refractivity contribution is 5.91. The summed E-state index contributed by atoms with van der Waals surface area (Å²) in [5, 5.41) is 6.80. The predicted molar refractivity (Wildman–Crippen MR) is 80.4 cm³/mol. The Morgan fingerprint density at radius 1 is 1.43 bits per heavy atom. The Kier molecular flexibility index (Phi) is 4.40. The number of carbonyl (C=O) groups is 2. The summed E-state index contributed by atoms with van der Waals surface area (Å²) in [5.41, 5.74) is 0. The summed E-state index contributed by atoms with van der Waals surface area (Å²) in [6.45, 7) is 3.01. The lowest BCUT2D eigenvalue weighted by atomic mass is 10.1. The lowest BCUT2D eigenvalue weighted by molar-refractivity contribution is -0.119. The fourth-order valence-electron chi connectivity index (χ4n) is 2.72. The largest absolute Gasteiger partial charge is 0.454 e. The molecule has 0 saturated carbocycles. The first-order valence-corrected chi connectivity index (χ1v) is 7.60. The van der Waals surface area contributed by atoms with Crippen molar-refractivity contribution in [3.05, 3.63) is 36.3 Å². The number of aromatic nitrogens is 3.